The fourth-order valence-corrected chi connectivity index (χ4v) is 3.44. The molecule has 0 bridgehead atoms. The third-order valence-corrected chi connectivity index (χ3v) is 4.68. The summed E-state index contributed by atoms with van der Waals surface area (Å²) >= 11 is 0. The first-order valence-corrected chi connectivity index (χ1v) is 7.69. The maximum Gasteiger partial charge on any atom is 0.146 e. The van der Waals surface area contributed by atoms with Gasteiger partial charge >= 0.3 is 0 Å². The SMILES string of the molecule is CC(N)c1ccc(N2CCN3CCCCC3C2)c(F)c1. The van der Waals surface area contributed by atoms with E-state index in [-0.39, 0.29) is 11.9 Å². The van der Waals surface area contributed by atoms with Crippen molar-refractivity contribution >= 4 is 5.69 Å². The quantitative estimate of drug-likeness (QED) is 0.901. The molecule has 2 N–H and O–H groups in total. The number of piperazine rings is 1. The van der Waals surface area contributed by atoms with E-state index >= 15 is 0 Å². The number of hydrogen-bond donors (Lipinski definition) is 1. The van der Waals surface area contributed by atoms with Gasteiger partial charge in [-0.1, -0.05) is 12.5 Å². The number of piperidine rings is 1. The zero-order valence-electron chi connectivity index (χ0n) is 12.2. The van der Waals surface area contributed by atoms with Crippen LogP contribution in [0.25, 0.3) is 0 Å². The van der Waals surface area contributed by atoms with E-state index in [0.717, 1.165) is 30.9 Å². The van der Waals surface area contributed by atoms with E-state index in [1.54, 1.807) is 6.07 Å². The molecule has 2 heterocycles. The highest BCUT2D eigenvalue weighted by Crippen LogP contribution is 2.28. The molecule has 2 fully saturated rings. The lowest BCUT2D eigenvalue weighted by atomic mass is 9.99. The van der Waals surface area contributed by atoms with Crippen LogP contribution < -0.4 is 10.6 Å². The second kappa shape index (κ2) is 5.70. The minimum absolute atomic E-state index is 0.117. The van der Waals surface area contributed by atoms with Crippen LogP contribution >= 0.6 is 0 Å². The summed E-state index contributed by atoms with van der Waals surface area (Å²) in [6.07, 6.45) is 3.87. The fourth-order valence-electron chi connectivity index (χ4n) is 3.44. The third-order valence-electron chi connectivity index (χ3n) is 4.68. The first-order chi connectivity index (χ1) is 9.65. The van der Waals surface area contributed by atoms with Crippen molar-refractivity contribution in [1.82, 2.24) is 4.90 Å². The average Bonchev–Trinajstić information content (AvgIpc) is 2.46. The van der Waals surface area contributed by atoms with Crippen LogP contribution in [0.2, 0.25) is 0 Å². The molecule has 0 amide bonds. The van der Waals surface area contributed by atoms with Crippen molar-refractivity contribution in [1.29, 1.82) is 0 Å². The summed E-state index contributed by atoms with van der Waals surface area (Å²) in [7, 11) is 0. The van der Waals surface area contributed by atoms with Crippen LogP contribution in [-0.4, -0.2) is 37.1 Å². The fraction of sp³-hybridized carbons (Fsp3) is 0.625. The van der Waals surface area contributed by atoms with Crippen LogP contribution in [0.1, 0.15) is 37.8 Å². The van der Waals surface area contributed by atoms with Gasteiger partial charge in [0.15, 0.2) is 0 Å². The van der Waals surface area contributed by atoms with Gasteiger partial charge in [-0.3, -0.25) is 4.90 Å². The Morgan fingerprint density at radius 3 is 2.85 bits per heavy atom. The molecule has 110 valence electrons. The molecule has 2 aliphatic rings. The van der Waals surface area contributed by atoms with Crippen molar-refractivity contribution in [3.8, 4) is 0 Å². The van der Waals surface area contributed by atoms with Crippen molar-refractivity contribution in [2.45, 2.75) is 38.3 Å². The van der Waals surface area contributed by atoms with E-state index in [1.807, 2.05) is 19.1 Å². The first-order valence-electron chi connectivity index (χ1n) is 7.69. The average molecular weight is 277 g/mol. The number of halogens is 1. The molecule has 0 radical (unpaired) electrons. The summed E-state index contributed by atoms with van der Waals surface area (Å²) in [5.41, 5.74) is 7.41. The molecule has 2 unspecified atom stereocenters. The second-order valence-corrected chi connectivity index (χ2v) is 6.13. The number of fused-ring (bicyclic) bond motifs is 1. The van der Waals surface area contributed by atoms with Gasteiger partial charge in [-0.25, -0.2) is 4.39 Å². The van der Waals surface area contributed by atoms with Crippen LogP contribution in [-0.2, 0) is 0 Å². The third kappa shape index (κ3) is 2.67. The highest BCUT2D eigenvalue weighted by Gasteiger charge is 2.29. The number of benzene rings is 1. The maximum absolute atomic E-state index is 14.3. The number of nitrogens with zero attached hydrogens (tertiary/aromatic N) is 2. The Bertz CT molecular complexity index is 475. The lowest BCUT2D eigenvalue weighted by molar-refractivity contribution is 0.133. The van der Waals surface area contributed by atoms with Gasteiger partial charge in [0.1, 0.15) is 5.82 Å². The monoisotopic (exact) mass is 277 g/mol. The number of hydrogen-bond acceptors (Lipinski definition) is 3. The van der Waals surface area contributed by atoms with Gasteiger partial charge in [0.25, 0.3) is 0 Å². The van der Waals surface area contributed by atoms with Gasteiger partial charge in [0.05, 0.1) is 5.69 Å². The van der Waals surface area contributed by atoms with E-state index in [0.29, 0.717) is 6.04 Å². The molecule has 0 saturated carbocycles. The summed E-state index contributed by atoms with van der Waals surface area (Å²) in [5, 5.41) is 0. The lowest BCUT2D eigenvalue weighted by Gasteiger charge is -2.45. The van der Waals surface area contributed by atoms with E-state index in [9.17, 15) is 4.39 Å². The molecule has 3 nitrogen and oxygen atoms in total. The van der Waals surface area contributed by atoms with Gasteiger partial charge in [-0.05, 0) is 44.0 Å². The summed E-state index contributed by atoms with van der Waals surface area (Å²) in [5.74, 6) is -0.135. The van der Waals surface area contributed by atoms with Gasteiger partial charge in [0.2, 0.25) is 0 Å². The van der Waals surface area contributed by atoms with Crippen molar-refractivity contribution in [3.63, 3.8) is 0 Å². The standard InChI is InChI=1S/C16H24FN3/c1-12(18)13-5-6-16(15(17)10-13)20-9-8-19-7-3-2-4-14(19)11-20/h5-6,10,12,14H,2-4,7-9,11,18H2,1H3. The predicted octanol–water partition coefficient (Wildman–Crippen LogP) is 2.52. The molecule has 1 aromatic rings. The summed E-state index contributed by atoms with van der Waals surface area (Å²) in [4.78, 5) is 4.76. The normalized spacial score (nSPS) is 25.4. The molecular weight excluding hydrogens is 253 g/mol. The topological polar surface area (TPSA) is 32.5 Å². The molecule has 2 saturated heterocycles. The summed E-state index contributed by atoms with van der Waals surface area (Å²) < 4.78 is 14.3. The molecular formula is C16H24FN3. The smallest absolute Gasteiger partial charge is 0.146 e. The van der Waals surface area contributed by atoms with Gasteiger partial charge in [-0.15, -0.1) is 0 Å². The molecule has 2 atom stereocenters. The van der Waals surface area contributed by atoms with Crippen molar-refractivity contribution < 1.29 is 4.39 Å². The predicted molar refractivity (Wildman–Crippen MR) is 80.4 cm³/mol. The minimum atomic E-state index is -0.135. The van der Waals surface area contributed by atoms with E-state index < -0.39 is 0 Å². The summed E-state index contributed by atoms with van der Waals surface area (Å²) in [6, 6.07) is 5.93. The van der Waals surface area contributed by atoms with Crippen LogP contribution in [0.4, 0.5) is 10.1 Å². The Kier molecular flexibility index (Phi) is 3.94. The van der Waals surface area contributed by atoms with Gasteiger partial charge < -0.3 is 10.6 Å². The van der Waals surface area contributed by atoms with E-state index in [1.165, 1.54) is 25.8 Å². The molecule has 0 aliphatic carbocycles. The largest absolute Gasteiger partial charge is 0.366 e. The first kappa shape index (κ1) is 13.8. The van der Waals surface area contributed by atoms with E-state index in [4.69, 9.17) is 5.73 Å². The Hall–Kier alpha value is -1.13. The van der Waals surface area contributed by atoms with Crippen molar-refractivity contribution in [2.75, 3.05) is 31.1 Å². The van der Waals surface area contributed by atoms with Crippen LogP contribution in [0, 0.1) is 5.82 Å². The molecule has 0 spiro atoms. The lowest BCUT2D eigenvalue weighted by Crippen LogP contribution is -2.55. The highest BCUT2D eigenvalue weighted by atomic mass is 19.1. The molecule has 4 heteroatoms. The molecule has 3 rings (SSSR count). The number of nitrogens with two attached hydrogens (primary N) is 1. The van der Waals surface area contributed by atoms with Gasteiger partial charge in [0, 0.05) is 31.7 Å². The van der Waals surface area contributed by atoms with Crippen LogP contribution in [0.5, 0.6) is 0 Å². The molecule has 2 aliphatic heterocycles. The molecule has 0 aromatic heterocycles. The van der Waals surface area contributed by atoms with Crippen molar-refractivity contribution in [3.05, 3.63) is 29.6 Å². The van der Waals surface area contributed by atoms with Gasteiger partial charge in [-0.2, -0.15) is 0 Å². The number of anilines is 1. The Labute approximate surface area is 120 Å². The second-order valence-electron chi connectivity index (χ2n) is 6.13. The Balaban J connectivity index is 1.76. The highest BCUT2D eigenvalue weighted by molar-refractivity contribution is 5.50. The van der Waals surface area contributed by atoms with E-state index in [2.05, 4.69) is 9.80 Å². The van der Waals surface area contributed by atoms with Crippen LogP contribution in [0.15, 0.2) is 18.2 Å². The number of rotatable bonds is 2. The zero-order chi connectivity index (χ0) is 14.1. The molecule has 20 heavy (non-hydrogen) atoms. The zero-order valence-corrected chi connectivity index (χ0v) is 12.2. The van der Waals surface area contributed by atoms with Crippen molar-refractivity contribution in [2.24, 2.45) is 5.73 Å². The maximum atomic E-state index is 14.3. The van der Waals surface area contributed by atoms with Crippen LogP contribution in [0.3, 0.4) is 0 Å². The molecule has 1 aromatic carbocycles. The Morgan fingerprint density at radius 2 is 2.10 bits per heavy atom. The minimum Gasteiger partial charge on any atom is -0.366 e. The summed E-state index contributed by atoms with van der Waals surface area (Å²) in [6.45, 7) is 6.03. The Morgan fingerprint density at radius 1 is 1.25 bits per heavy atom.